The molecule has 1 aromatic carbocycles. The summed E-state index contributed by atoms with van der Waals surface area (Å²) >= 11 is 0. The summed E-state index contributed by atoms with van der Waals surface area (Å²) in [6, 6.07) is 4.31. The summed E-state index contributed by atoms with van der Waals surface area (Å²) in [7, 11) is 0. The highest BCUT2D eigenvalue weighted by Gasteiger charge is 2.24. The van der Waals surface area contributed by atoms with Crippen LogP contribution in [0.3, 0.4) is 0 Å². The lowest BCUT2D eigenvalue weighted by Gasteiger charge is -2.22. The molecule has 1 rings (SSSR count). The van der Waals surface area contributed by atoms with Crippen molar-refractivity contribution in [2.75, 3.05) is 13.1 Å². The second kappa shape index (κ2) is 9.89. The zero-order valence-corrected chi connectivity index (χ0v) is 16.4. The number of carbonyl (C=O) groups is 3. The molecule has 0 aliphatic carbocycles. The second-order valence-corrected chi connectivity index (χ2v) is 7.42. The van der Waals surface area contributed by atoms with E-state index < -0.39 is 29.5 Å². The molecule has 0 spiro atoms. The SMILES string of the molecule is CC(C)C(NC(=O)c1ccc(F)cc1)C(=O)NCCNC(=O)OC(C)(C)C. The Labute approximate surface area is 159 Å². The molecular formula is C19H28FN3O4. The molecule has 3 N–H and O–H groups in total. The van der Waals surface area contributed by atoms with E-state index in [4.69, 9.17) is 4.74 Å². The van der Waals surface area contributed by atoms with Gasteiger partial charge in [0, 0.05) is 18.7 Å². The maximum Gasteiger partial charge on any atom is 0.407 e. The zero-order valence-electron chi connectivity index (χ0n) is 16.4. The highest BCUT2D eigenvalue weighted by molar-refractivity contribution is 5.97. The van der Waals surface area contributed by atoms with Gasteiger partial charge in [0.2, 0.25) is 5.91 Å². The molecule has 3 amide bonds. The van der Waals surface area contributed by atoms with Crippen LogP contribution in [0.2, 0.25) is 0 Å². The fraction of sp³-hybridized carbons (Fsp3) is 0.526. The highest BCUT2D eigenvalue weighted by atomic mass is 19.1. The van der Waals surface area contributed by atoms with Crippen LogP contribution in [0.5, 0.6) is 0 Å². The van der Waals surface area contributed by atoms with Crippen molar-refractivity contribution < 1.29 is 23.5 Å². The number of hydrogen-bond acceptors (Lipinski definition) is 4. The molecule has 0 bridgehead atoms. The van der Waals surface area contributed by atoms with Crippen LogP contribution in [0, 0.1) is 11.7 Å². The van der Waals surface area contributed by atoms with Gasteiger partial charge in [-0.25, -0.2) is 9.18 Å². The molecule has 27 heavy (non-hydrogen) atoms. The molecule has 0 saturated heterocycles. The van der Waals surface area contributed by atoms with E-state index in [-0.39, 0.29) is 30.5 Å². The van der Waals surface area contributed by atoms with Gasteiger partial charge in [-0.15, -0.1) is 0 Å². The molecule has 0 fully saturated rings. The van der Waals surface area contributed by atoms with Crippen molar-refractivity contribution >= 4 is 17.9 Å². The van der Waals surface area contributed by atoms with Crippen LogP contribution >= 0.6 is 0 Å². The third kappa shape index (κ3) is 8.52. The topological polar surface area (TPSA) is 96.5 Å². The van der Waals surface area contributed by atoms with Crippen molar-refractivity contribution in [3.63, 3.8) is 0 Å². The third-order valence-electron chi connectivity index (χ3n) is 3.43. The molecule has 0 aliphatic rings. The van der Waals surface area contributed by atoms with Crippen LogP contribution in [0.4, 0.5) is 9.18 Å². The van der Waals surface area contributed by atoms with Gasteiger partial charge >= 0.3 is 6.09 Å². The maximum atomic E-state index is 13.0. The third-order valence-corrected chi connectivity index (χ3v) is 3.43. The molecule has 1 unspecified atom stereocenters. The fourth-order valence-electron chi connectivity index (χ4n) is 2.14. The van der Waals surface area contributed by atoms with Crippen LogP contribution in [0.15, 0.2) is 24.3 Å². The van der Waals surface area contributed by atoms with Crippen LogP contribution < -0.4 is 16.0 Å². The Bertz CT molecular complexity index is 654. The van der Waals surface area contributed by atoms with Gasteiger partial charge in [-0.3, -0.25) is 9.59 Å². The molecule has 8 heteroatoms. The second-order valence-electron chi connectivity index (χ2n) is 7.42. The minimum absolute atomic E-state index is 0.159. The zero-order chi connectivity index (χ0) is 20.6. The number of amides is 3. The predicted octanol–water partition coefficient (Wildman–Crippen LogP) is 2.22. The molecule has 0 radical (unpaired) electrons. The first-order chi connectivity index (χ1) is 12.5. The molecule has 0 aliphatic heterocycles. The summed E-state index contributed by atoms with van der Waals surface area (Å²) in [5.41, 5.74) is -0.331. The van der Waals surface area contributed by atoms with Gasteiger partial charge < -0.3 is 20.7 Å². The summed E-state index contributed by atoms with van der Waals surface area (Å²) in [5, 5.41) is 7.85. The van der Waals surface area contributed by atoms with Crippen molar-refractivity contribution in [3.8, 4) is 0 Å². The van der Waals surface area contributed by atoms with E-state index in [1.54, 1.807) is 34.6 Å². The van der Waals surface area contributed by atoms with Crippen LogP contribution in [-0.2, 0) is 9.53 Å². The smallest absolute Gasteiger partial charge is 0.407 e. The van der Waals surface area contributed by atoms with Gasteiger partial charge in [0.25, 0.3) is 5.91 Å². The van der Waals surface area contributed by atoms with Gasteiger partial charge in [-0.1, -0.05) is 13.8 Å². The monoisotopic (exact) mass is 381 g/mol. The largest absolute Gasteiger partial charge is 0.444 e. The Morgan fingerprint density at radius 1 is 1.04 bits per heavy atom. The quantitative estimate of drug-likeness (QED) is 0.631. The molecule has 1 aromatic rings. The Balaban J connectivity index is 2.50. The van der Waals surface area contributed by atoms with E-state index in [9.17, 15) is 18.8 Å². The number of nitrogens with one attached hydrogen (secondary N) is 3. The Hall–Kier alpha value is -2.64. The number of rotatable bonds is 7. The average Bonchev–Trinajstić information content (AvgIpc) is 2.55. The van der Waals surface area contributed by atoms with E-state index >= 15 is 0 Å². The number of carbonyl (C=O) groups excluding carboxylic acids is 3. The minimum Gasteiger partial charge on any atom is -0.444 e. The normalized spacial score (nSPS) is 12.3. The number of hydrogen-bond donors (Lipinski definition) is 3. The van der Waals surface area contributed by atoms with Crippen molar-refractivity contribution in [1.82, 2.24) is 16.0 Å². The highest BCUT2D eigenvalue weighted by Crippen LogP contribution is 2.07. The summed E-state index contributed by atoms with van der Waals surface area (Å²) < 4.78 is 18.0. The summed E-state index contributed by atoms with van der Waals surface area (Å²) in [6.45, 7) is 9.25. The molecule has 150 valence electrons. The van der Waals surface area contributed by atoms with Crippen molar-refractivity contribution in [3.05, 3.63) is 35.6 Å². The van der Waals surface area contributed by atoms with Crippen molar-refractivity contribution in [2.24, 2.45) is 5.92 Å². The molecular weight excluding hydrogens is 353 g/mol. The summed E-state index contributed by atoms with van der Waals surface area (Å²) in [4.78, 5) is 36.1. The van der Waals surface area contributed by atoms with Gasteiger partial charge in [0.05, 0.1) is 0 Å². The first-order valence-electron chi connectivity index (χ1n) is 8.80. The maximum absolute atomic E-state index is 13.0. The Kier molecular flexibility index (Phi) is 8.21. The molecule has 7 nitrogen and oxygen atoms in total. The molecule has 1 atom stereocenters. The Morgan fingerprint density at radius 2 is 1.59 bits per heavy atom. The standard InChI is InChI=1S/C19H28FN3O4/c1-12(2)15(23-16(24)13-6-8-14(20)9-7-13)17(25)21-10-11-22-18(26)27-19(3,4)5/h6-9,12,15H,10-11H2,1-5H3,(H,21,25)(H,22,26)(H,23,24). The van der Waals surface area contributed by atoms with E-state index in [1.165, 1.54) is 24.3 Å². The lowest BCUT2D eigenvalue weighted by atomic mass is 10.0. The fourth-order valence-corrected chi connectivity index (χ4v) is 2.14. The van der Waals surface area contributed by atoms with Crippen molar-refractivity contribution in [1.29, 1.82) is 0 Å². The molecule has 0 heterocycles. The summed E-state index contributed by atoms with van der Waals surface area (Å²) in [6.07, 6.45) is -0.568. The van der Waals surface area contributed by atoms with Crippen LogP contribution in [0.1, 0.15) is 45.0 Å². The number of benzene rings is 1. The molecule has 0 aromatic heterocycles. The van der Waals surface area contributed by atoms with E-state index in [0.29, 0.717) is 0 Å². The van der Waals surface area contributed by atoms with Gasteiger partial charge in [0.15, 0.2) is 0 Å². The van der Waals surface area contributed by atoms with E-state index in [2.05, 4.69) is 16.0 Å². The average molecular weight is 381 g/mol. The van der Waals surface area contributed by atoms with Gasteiger partial charge in [-0.05, 0) is 51.0 Å². The predicted molar refractivity (Wildman–Crippen MR) is 99.7 cm³/mol. The van der Waals surface area contributed by atoms with Crippen molar-refractivity contribution in [2.45, 2.75) is 46.3 Å². The molecule has 0 saturated carbocycles. The lowest BCUT2D eigenvalue weighted by molar-refractivity contribution is -0.123. The number of halogens is 1. The van der Waals surface area contributed by atoms with Crippen LogP contribution in [-0.4, -0.2) is 42.6 Å². The Morgan fingerprint density at radius 3 is 2.11 bits per heavy atom. The van der Waals surface area contributed by atoms with E-state index in [0.717, 1.165) is 0 Å². The number of ether oxygens (including phenoxy) is 1. The summed E-state index contributed by atoms with van der Waals surface area (Å²) in [5.74, 6) is -1.43. The van der Waals surface area contributed by atoms with E-state index in [1.807, 2.05) is 0 Å². The minimum atomic E-state index is -0.760. The first-order valence-corrected chi connectivity index (χ1v) is 8.80. The van der Waals surface area contributed by atoms with Gasteiger partial charge in [0.1, 0.15) is 17.5 Å². The van der Waals surface area contributed by atoms with Crippen LogP contribution in [0.25, 0.3) is 0 Å². The number of alkyl carbamates (subject to hydrolysis) is 1. The van der Waals surface area contributed by atoms with Gasteiger partial charge in [-0.2, -0.15) is 0 Å². The lowest BCUT2D eigenvalue weighted by Crippen LogP contribution is -2.51. The first kappa shape index (κ1) is 22.4.